The van der Waals surface area contributed by atoms with Gasteiger partial charge in [-0.25, -0.2) is 4.79 Å². The number of likely N-dealkylation sites (tertiary alicyclic amines) is 1. The Morgan fingerprint density at radius 3 is 2.49 bits per heavy atom. The van der Waals surface area contributed by atoms with Gasteiger partial charge in [0.25, 0.3) is 0 Å². The van der Waals surface area contributed by atoms with Crippen LogP contribution in [0.25, 0.3) is 11.4 Å². The van der Waals surface area contributed by atoms with Gasteiger partial charge in [0.2, 0.25) is 11.7 Å². The van der Waals surface area contributed by atoms with Crippen LogP contribution in [0.1, 0.15) is 40.0 Å². The van der Waals surface area contributed by atoms with E-state index >= 15 is 0 Å². The van der Waals surface area contributed by atoms with Gasteiger partial charge in [-0.15, -0.1) is 0 Å². The SMILES string of the molecule is COc1ccc(-c2noc(N3CCC(C(=O)NCC4CCN(C(=O)OC(C)(C)C)C4)CC3)n2)cc1. The van der Waals surface area contributed by atoms with Crippen LogP contribution < -0.4 is 15.0 Å². The number of hydrogen-bond donors (Lipinski definition) is 1. The number of nitrogens with one attached hydrogen (secondary N) is 1. The Morgan fingerprint density at radius 2 is 1.83 bits per heavy atom. The molecule has 35 heavy (non-hydrogen) atoms. The maximum Gasteiger partial charge on any atom is 0.410 e. The third-order valence-corrected chi connectivity index (χ3v) is 6.40. The molecule has 0 radical (unpaired) electrons. The van der Waals surface area contributed by atoms with E-state index in [0.29, 0.717) is 44.6 Å². The first-order valence-corrected chi connectivity index (χ1v) is 12.2. The molecule has 2 aliphatic rings. The van der Waals surface area contributed by atoms with Crippen LogP contribution in [0.5, 0.6) is 5.75 Å². The molecule has 3 heterocycles. The largest absolute Gasteiger partial charge is 0.497 e. The Labute approximate surface area is 205 Å². The summed E-state index contributed by atoms with van der Waals surface area (Å²) in [5.41, 5.74) is 0.351. The van der Waals surface area contributed by atoms with Crippen molar-refractivity contribution in [3.05, 3.63) is 24.3 Å². The van der Waals surface area contributed by atoms with Crippen molar-refractivity contribution in [3.63, 3.8) is 0 Å². The van der Waals surface area contributed by atoms with Crippen LogP contribution in [0.15, 0.2) is 28.8 Å². The Hall–Kier alpha value is -3.30. The quantitative estimate of drug-likeness (QED) is 0.663. The van der Waals surface area contributed by atoms with Gasteiger partial charge in [0, 0.05) is 44.2 Å². The lowest BCUT2D eigenvalue weighted by atomic mass is 9.96. The van der Waals surface area contributed by atoms with Gasteiger partial charge in [-0.1, -0.05) is 5.16 Å². The van der Waals surface area contributed by atoms with Gasteiger partial charge < -0.3 is 29.1 Å². The first-order chi connectivity index (χ1) is 16.7. The van der Waals surface area contributed by atoms with Crippen LogP contribution in [0.2, 0.25) is 0 Å². The average Bonchev–Trinajstić information content (AvgIpc) is 3.52. The summed E-state index contributed by atoms with van der Waals surface area (Å²) in [6, 6.07) is 7.97. The average molecular weight is 486 g/mol. The number of ether oxygens (including phenoxy) is 2. The first-order valence-electron chi connectivity index (χ1n) is 12.2. The Morgan fingerprint density at radius 1 is 1.11 bits per heavy atom. The molecule has 1 unspecified atom stereocenters. The summed E-state index contributed by atoms with van der Waals surface area (Å²) < 4.78 is 16.1. The summed E-state index contributed by atoms with van der Waals surface area (Å²) in [5.74, 6) is 1.58. The lowest BCUT2D eigenvalue weighted by molar-refractivity contribution is -0.125. The van der Waals surface area contributed by atoms with Crippen molar-refractivity contribution >= 4 is 18.0 Å². The third-order valence-electron chi connectivity index (χ3n) is 6.40. The lowest BCUT2D eigenvalue weighted by Crippen LogP contribution is -2.42. The standard InChI is InChI=1S/C25H35N5O5/c1-25(2,3)34-24(32)30-12-9-17(16-30)15-26-22(31)19-10-13-29(14-11-19)23-27-21(28-35-23)18-5-7-20(33-4)8-6-18/h5-8,17,19H,9-16H2,1-4H3,(H,26,31). The molecule has 1 aromatic heterocycles. The van der Waals surface area contributed by atoms with Gasteiger partial charge in [-0.2, -0.15) is 4.98 Å². The molecule has 1 N–H and O–H groups in total. The highest BCUT2D eigenvalue weighted by Gasteiger charge is 2.31. The van der Waals surface area contributed by atoms with Crippen LogP contribution in [-0.4, -0.2) is 72.5 Å². The highest BCUT2D eigenvalue weighted by atomic mass is 16.6. The Kier molecular flexibility index (Phi) is 7.47. The third kappa shape index (κ3) is 6.43. The fourth-order valence-corrected chi connectivity index (χ4v) is 4.42. The molecule has 0 saturated carbocycles. The summed E-state index contributed by atoms with van der Waals surface area (Å²) in [6.45, 7) is 8.80. The normalized spacial score (nSPS) is 19.0. The molecule has 2 amide bonds. The molecule has 4 rings (SSSR count). The van der Waals surface area contributed by atoms with Crippen molar-refractivity contribution in [2.24, 2.45) is 11.8 Å². The summed E-state index contributed by atoms with van der Waals surface area (Å²) >= 11 is 0. The molecule has 2 aromatic rings. The summed E-state index contributed by atoms with van der Waals surface area (Å²) in [6.07, 6.45) is 2.03. The topological polar surface area (TPSA) is 110 Å². The summed E-state index contributed by atoms with van der Waals surface area (Å²) in [5, 5.41) is 7.19. The van der Waals surface area contributed by atoms with E-state index in [4.69, 9.17) is 14.0 Å². The minimum absolute atomic E-state index is 0.0430. The van der Waals surface area contributed by atoms with Crippen LogP contribution in [0.4, 0.5) is 10.8 Å². The predicted octanol–water partition coefficient (Wildman–Crippen LogP) is 3.33. The molecule has 10 heteroatoms. The molecule has 0 bridgehead atoms. The zero-order valence-corrected chi connectivity index (χ0v) is 21.0. The van der Waals surface area contributed by atoms with Gasteiger partial charge in [-0.05, 0) is 70.2 Å². The molecule has 1 atom stereocenters. The molecule has 190 valence electrons. The number of carbonyl (C=O) groups excluding carboxylic acids is 2. The van der Waals surface area contributed by atoms with Gasteiger partial charge in [0.05, 0.1) is 7.11 Å². The van der Waals surface area contributed by atoms with E-state index in [1.165, 1.54) is 0 Å². The second kappa shape index (κ2) is 10.5. The maximum absolute atomic E-state index is 12.7. The van der Waals surface area contributed by atoms with Crippen LogP contribution in [-0.2, 0) is 9.53 Å². The molecular formula is C25H35N5O5. The van der Waals surface area contributed by atoms with Gasteiger partial charge in [0.15, 0.2) is 0 Å². The minimum Gasteiger partial charge on any atom is -0.497 e. The van der Waals surface area contributed by atoms with E-state index in [1.54, 1.807) is 12.0 Å². The van der Waals surface area contributed by atoms with Crippen molar-refractivity contribution < 1.29 is 23.6 Å². The minimum atomic E-state index is -0.503. The number of aromatic nitrogens is 2. The zero-order chi connectivity index (χ0) is 25.0. The Bertz CT molecular complexity index is 1010. The molecule has 10 nitrogen and oxygen atoms in total. The fraction of sp³-hybridized carbons (Fsp3) is 0.600. The van der Waals surface area contributed by atoms with E-state index in [0.717, 1.165) is 30.6 Å². The molecular weight excluding hydrogens is 450 g/mol. The second-order valence-corrected chi connectivity index (χ2v) is 10.2. The van der Waals surface area contributed by atoms with Crippen LogP contribution in [0, 0.1) is 11.8 Å². The molecule has 2 fully saturated rings. The summed E-state index contributed by atoms with van der Waals surface area (Å²) in [7, 11) is 1.63. The predicted molar refractivity (Wildman–Crippen MR) is 130 cm³/mol. The van der Waals surface area contributed by atoms with Crippen molar-refractivity contribution in [2.45, 2.75) is 45.6 Å². The number of carbonyl (C=O) groups is 2. The summed E-state index contributed by atoms with van der Waals surface area (Å²) in [4.78, 5) is 33.3. The number of nitrogens with zero attached hydrogens (tertiary/aromatic N) is 4. The highest BCUT2D eigenvalue weighted by Crippen LogP contribution is 2.26. The number of anilines is 1. The monoisotopic (exact) mass is 485 g/mol. The maximum atomic E-state index is 12.7. The van der Waals surface area contributed by atoms with E-state index < -0.39 is 5.60 Å². The zero-order valence-electron chi connectivity index (χ0n) is 21.0. The van der Waals surface area contributed by atoms with Crippen molar-refractivity contribution in [3.8, 4) is 17.1 Å². The number of hydrogen-bond acceptors (Lipinski definition) is 8. The van der Waals surface area contributed by atoms with Crippen molar-refractivity contribution in [1.82, 2.24) is 20.4 Å². The van der Waals surface area contributed by atoms with E-state index in [1.807, 2.05) is 49.9 Å². The highest BCUT2D eigenvalue weighted by molar-refractivity contribution is 5.79. The Balaban J connectivity index is 1.20. The smallest absolute Gasteiger partial charge is 0.410 e. The van der Waals surface area contributed by atoms with Gasteiger partial charge in [-0.3, -0.25) is 4.79 Å². The van der Waals surface area contributed by atoms with Crippen molar-refractivity contribution in [1.29, 1.82) is 0 Å². The first kappa shape index (κ1) is 24.8. The molecule has 2 aliphatic heterocycles. The van der Waals surface area contributed by atoms with Gasteiger partial charge >= 0.3 is 12.1 Å². The fourth-order valence-electron chi connectivity index (χ4n) is 4.42. The number of amides is 2. The van der Waals surface area contributed by atoms with E-state index in [9.17, 15) is 9.59 Å². The molecule has 0 spiro atoms. The number of methoxy groups -OCH3 is 1. The van der Waals surface area contributed by atoms with Gasteiger partial charge in [0.1, 0.15) is 11.4 Å². The number of rotatable bonds is 6. The molecule has 0 aliphatic carbocycles. The van der Waals surface area contributed by atoms with Crippen LogP contribution >= 0.6 is 0 Å². The van der Waals surface area contributed by atoms with E-state index in [2.05, 4.69) is 15.5 Å². The number of benzene rings is 1. The van der Waals surface area contributed by atoms with E-state index in [-0.39, 0.29) is 23.8 Å². The lowest BCUT2D eigenvalue weighted by Gasteiger charge is -2.30. The second-order valence-electron chi connectivity index (χ2n) is 10.2. The van der Waals surface area contributed by atoms with Crippen molar-refractivity contribution in [2.75, 3.05) is 44.7 Å². The van der Waals surface area contributed by atoms with Crippen LogP contribution in [0.3, 0.4) is 0 Å². The molecule has 1 aromatic carbocycles. The molecule has 2 saturated heterocycles. The number of piperidine rings is 1.